The van der Waals surface area contributed by atoms with Gasteiger partial charge in [-0.3, -0.25) is 15.6 Å². The first kappa shape index (κ1) is 24.6. The number of carbonyl (C=O) groups is 1. The minimum atomic E-state index is -5.03. The zero-order valence-corrected chi connectivity index (χ0v) is 18.6. The molecule has 3 rings (SSSR count). The Kier molecular flexibility index (Phi) is 7.53. The maximum Gasteiger partial charge on any atom is 0.424 e. The van der Waals surface area contributed by atoms with Crippen LogP contribution in [-0.2, 0) is 10.4 Å². The SMILES string of the molecule is Cc1csc(C(O)(CC(=O)N(C)CCCC2CC(c3cccc(F)c3)NN2)C(F)(F)F)n1. The zero-order valence-electron chi connectivity index (χ0n) is 17.7. The van der Waals surface area contributed by atoms with Crippen molar-refractivity contribution in [1.29, 1.82) is 0 Å². The number of alkyl halides is 3. The van der Waals surface area contributed by atoms with Gasteiger partial charge in [-0.15, -0.1) is 11.3 Å². The van der Waals surface area contributed by atoms with Crippen LogP contribution in [0.5, 0.6) is 0 Å². The molecule has 176 valence electrons. The first-order valence-electron chi connectivity index (χ1n) is 10.2. The number of rotatable bonds is 8. The van der Waals surface area contributed by atoms with Gasteiger partial charge in [-0.1, -0.05) is 12.1 Å². The largest absolute Gasteiger partial charge is 0.424 e. The van der Waals surface area contributed by atoms with Gasteiger partial charge in [0.25, 0.3) is 0 Å². The normalized spacial score (nSPS) is 20.8. The van der Waals surface area contributed by atoms with Crippen molar-refractivity contribution in [3.8, 4) is 0 Å². The van der Waals surface area contributed by atoms with Gasteiger partial charge in [0, 0.05) is 36.8 Å². The second-order valence-corrected chi connectivity index (χ2v) is 8.97. The molecule has 3 N–H and O–H groups in total. The number of carbonyl (C=O) groups excluding carboxylic acids is 1. The van der Waals surface area contributed by atoms with E-state index in [1.165, 1.54) is 36.4 Å². The predicted octanol–water partition coefficient (Wildman–Crippen LogP) is 3.58. The summed E-state index contributed by atoms with van der Waals surface area (Å²) in [5, 5.41) is 11.2. The third kappa shape index (κ3) is 5.64. The van der Waals surface area contributed by atoms with Crippen molar-refractivity contribution in [2.24, 2.45) is 0 Å². The third-order valence-electron chi connectivity index (χ3n) is 5.55. The Morgan fingerprint density at radius 1 is 1.34 bits per heavy atom. The van der Waals surface area contributed by atoms with Crippen LogP contribution in [0.4, 0.5) is 17.6 Å². The van der Waals surface area contributed by atoms with Crippen LogP contribution < -0.4 is 10.9 Å². The summed E-state index contributed by atoms with van der Waals surface area (Å²) in [5.74, 6) is -1.12. The molecule has 1 fully saturated rings. The van der Waals surface area contributed by atoms with E-state index in [2.05, 4.69) is 15.8 Å². The van der Waals surface area contributed by atoms with Crippen LogP contribution in [-0.4, -0.2) is 46.7 Å². The molecule has 1 aliphatic rings. The number of hydrazine groups is 1. The fourth-order valence-corrected chi connectivity index (χ4v) is 4.56. The van der Waals surface area contributed by atoms with E-state index in [0.717, 1.165) is 12.0 Å². The lowest BCUT2D eigenvalue weighted by Crippen LogP contribution is -2.46. The second-order valence-electron chi connectivity index (χ2n) is 8.12. The molecule has 1 amide bonds. The van der Waals surface area contributed by atoms with Crippen molar-refractivity contribution < 1.29 is 27.5 Å². The summed E-state index contributed by atoms with van der Waals surface area (Å²) in [5.41, 5.74) is 4.12. The summed E-state index contributed by atoms with van der Waals surface area (Å²) in [7, 11) is 1.42. The van der Waals surface area contributed by atoms with Crippen LogP contribution in [0.1, 0.15) is 48.0 Å². The first-order valence-corrected chi connectivity index (χ1v) is 11.1. The standard InChI is InChI=1S/C21H26F4N4O2S/c1-13-12-32-19(26-13)20(31,21(23,24)25)11-18(30)29(2)8-4-7-16-10-17(28-27-16)14-5-3-6-15(22)9-14/h3,5-6,9,12,16-17,27-28,31H,4,7-8,10-11H2,1-2H3. The first-order chi connectivity index (χ1) is 15.0. The Morgan fingerprint density at radius 2 is 2.09 bits per heavy atom. The molecule has 32 heavy (non-hydrogen) atoms. The lowest BCUT2D eigenvalue weighted by Gasteiger charge is -2.30. The molecule has 0 aliphatic carbocycles. The van der Waals surface area contributed by atoms with Crippen molar-refractivity contribution >= 4 is 17.2 Å². The van der Waals surface area contributed by atoms with Gasteiger partial charge in [-0.2, -0.15) is 13.2 Å². The average Bonchev–Trinajstić information content (AvgIpc) is 3.36. The lowest BCUT2D eigenvalue weighted by atomic mass is 9.98. The average molecular weight is 475 g/mol. The van der Waals surface area contributed by atoms with Gasteiger partial charge >= 0.3 is 6.18 Å². The van der Waals surface area contributed by atoms with E-state index in [1.54, 1.807) is 6.07 Å². The summed E-state index contributed by atoms with van der Waals surface area (Å²) in [6, 6.07) is 6.38. The molecular weight excluding hydrogens is 448 g/mol. The smallest absolute Gasteiger partial charge is 0.374 e. The van der Waals surface area contributed by atoms with Crippen molar-refractivity contribution in [3.05, 3.63) is 51.7 Å². The molecule has 0 saturated carbocycles. The molecule has 0 spiro atoms. The summed E-state index contributed by atoms with van der Waals surface area (Å²) in [6.07, 6.45) is -4.20. The van der Waals surface area contributed by atoms with E-state index in [1.807, 2.05) is 6.07 Å². The van der Waals surface area contributed by atoms with E-state index in [0.29, 0.717) is 29.9 Å². The summed E-state index contributed by atoms with van der Waals surface area (Å²) < 4.78 is 54.2. The molecule has 1 aromatic carbocycles. The number of hydrogen-bond donors (Lipinski definition) is 3. The van der Waals surface area contributed by atoms with Gasteiger partial charge in [0.2, 0.25) is 11.5 Å². The molecule has 0 bridgehead atoms. The Balaban J connectivity index is 1.50. The van der Waals surface area contributed by atoms with E-state index in [4.69, 9.17) is 0 Å². The van der Waals surface area contributed by atoms with Crippen molar-refractivity contribution in [2.45, 2.75) is 56.5 Å². The number of nitrogens with one attached hydrogen (secondary N) is 2. The fourth-order valence-electron chi connectivity index (χ4n) is 3.65. The molecule has 2 aromatic rings. The monoisotopic (exact) mass is 474 g/mol. The summed E-state index contributed by atoms with van der Waals surface area (Å²) in [4.78, 5) is 17.4. The molecule has 1 aromatic heterocycles. The molecule has 11 heteroatoms. The van der Waals surface area contributed by atoms with Gasteiger partial charge in [0.1, 0.15) is 10.8 Å². The number of aryl methyl sites for hydroxylation is 1. The van der Waals surface area contributed by atoms with Crippen LogP contribution in [0.25, 0.3) is 0 Å². The Morgan fingerprint density at radius 3 is 2.72 bits per heavy atom. The Hall–Kier alpha value is -2.08. The van der Waals surface area contributed by atoms with Crippen LogP contribution >= 0.6 is 11.3 Å². The van der Waals surface area contributed by atoms with Gasteiger partial charge in [-0.05, 0) is 43.9 Å². The number of halogens is 4. The van der Waals surface area contributed by atoms with Gasteiger partial charge in [0.05, 0.1) is 6.42 Å². The molecule has 1 aliphatic heterocycles. The van der Waals surface area contributed by atoms with E-state index in [-0.39, 0.29) is 24.4 Å². The number of thiazole rings is 1. The topological polar surface area (TPSA) is 77.5 Å². The molecular formula is C21H26F4N4O2S. The van der Waals surface area contributed by atoms with Crippen LogP contribution in [0.3, 0.4) is 0 Å². The second kappa shape index (κ2) is 9.82. The van der Waals surface area contributed by atoms with Crippen molar-refractivity contribution in [1.82, 2.24) is 20.7 Å². The van der Waals surface area contributed by atoms with Crippen LogP contribution in [0.15, 0.2) is 29.6 Å². The van der Waals surface area contributed by atoms with Crippen LogP contribution in [0.2, 0.25) is 0 Å². The number of aromatic nitrogens is 1. The highest BCUT2D eigenvalue weighted by molar-refractivity contribution is 7.09. The molecule has 3 unspecified atom stereocenters. The number of hydrogen-bond acceptors (Lipinski definition) is 6. The lowest BCUT2D eigenvalue weighted by molar-refractivity contribution is -0.268. The molecule has 6 nitrogen and oxygen atoms in total. The highest BCUT2D eigenvalue weighted by Crippen LogP contribution is 2.43. The predicted molar refractivity (Wildman–Crippen MR) is 112 cm³/mol. The highest BCUT2D eigenvalue weighted by atomic mass is 32.1. The summed E-state index contributed by atoms with van der Waals surface area (Å²) >= 11 is 0.680. The minimum absolute atomic E-state index is 0.0430. The van der Waals surface area contributed by atoms with E-state index < -0.39 is 29.1 Å². The molecule has 0 radical (unpaired) electrons. The fraction of sp³-hybridized carbons (Fsp3) is 0.524. The number of amides is 1. The number of nitrogens with zero attached hydrogens (tertiary/aromatic N) is 2. The quantitative estimate of drug-likeness (QED) is 0.510. The molecule has 1 saturated heterocycles. The van der Waals surface area contributed by atoms with Gasteiger partial charge in [0.15, 0.2) is 0 Å². The molecule has 3 atom stereocenters. The highest BCUT2D eigenvalue weighted by Gasteiger charge is 2.58. The van der Waals surface area contributed by atoms with E-state index >= 15 is 0 Å². The Labute approximate surface area is 187 Å². The van der Waals surface area contributed by atoms with Gasteiger partial charge < -0.3 is 10.0 Å². The number of aliphatic hydroxyl groups is 1. The zero-order chi connectivity index (χ0) is 23.5. The van der Waals surface area contributed by atoms with Crippen molar-refractivity contribution in [2.75, 3.05) is 13.6 Å². The Bertz CT molecular complexity index is 939. The van der Waals surface area contributed by atoms with Crippen LogP contribution in [0, 0.1) is 12.7 Å². The minimum Gasteiger partial charge on any atom is -0.374 e. The van der Waals surface area contributed by atoms with Gasteiger partial charge in [-0.25, -0.2) is 9.37 Å². The summed E-state index contributed by atoms with van der Waals surface area (Å²) in [6.45, 7) is 1.77. The van der Waals surface area contributed by atoms with Crippen molar-refractivity contribution in [3.63, 3.8) is 0 Å². The number of benzene rings is 1. The third-order valence-corrected chi connectivity index (χ3v) is 6.66. The van der Waals surface area contributed by atoms with E-state index in [9.17, 15) is 27.5 Å². The maximum absolute atomic E-state index is 13.6. The molecule has 2 heterocycles. The maximum atomic E-state index is 13.6.